The summed E-state index contributed by atoms with van der Waals surface area (Å²) in [4.78, 5) is 23.9. The van der Waals surface area contributed by atoms with Gasteiger partial charge >= 0.3 is 12.1 Å². The quantitative estimate of drug-likeness (QED) is 0.835. The molecule has 4 nitrogen and oxygen atoms in total. The number of benzene rings is 1. The fourth-order valence-corrected chi connectivity index (χ4v) is 2.88. The first-order valence-electron chi connectivity index (χ1n) is 7.65. The van der Waals surface area contributed by atoms with Crippen LogP contribution in [-0.2, 0) is 16.0 Å². The van der Waals surface area contributed by atoms with Gasteiger partial charge in [0.25, 0.3) is 0 Å². The fraction of sp³-hybridized carbons (Fsp3) is 0.500. The minimum atomic E-state index is -4.83. The third-order valence-electron chi connectivity index (χ3n) is 3.94. The van der Waals surface area contributed by atoms with Gasteiger partial charge in [-0.1, -0.05) is 28.1 Å². The Morgan fingerprint density at radius 2 is 1.75 bits per heavy atom. The van der Waals surface area contributed by atoms with E-state index in [4.69, 9.17) is 0 Å². The highest BCUT2D eigenvalue weighted by atomic mass is 79.9. The molecule has 24 heavy (non-hydrogen) atoms. The van der Waals surface area contributed by atoms with E-state index in [0.29, 0.717) is 25.7 Å². The number of hydrogen-bond donors (Lipinski definition) is 1. The van der Waals surface area contributed by atoms with Crippen molar-refractivity contribution in [1.29, 1.82) is 0 Å². The number of piperidine rings is 1. The molecule has 1 aliphatic rings. The van der Waals surface area contributed by atoms with E-state index < -0.39 is 12.1 Å². The summed E-state index contributed by atoms with van der Waals surface area (Å²) in [5, 5.41) is 2.83. The van der Waals surface area contributed by atoms with Gasteiger partial charge in [-0.3, -0.25) is 9.59 Å². The molecule has 0 atom stereocenters. The first-order valence-corrected chi connectivity index (χ1v) is 8.45. The van der Waals surface area contributed by atoms with E-state index >= 15 is 0 Å². The third-order valence-corrected chi connectivity index (χ3v) is 4.47. The van der Waals surface area contributed by atoms with Crippen LogP contribution in [0.4, 0.5) is 13.2 Å². The summed E-state index contributed by atoms with van der Waals surface area (Å²) in [7, 11) is 0. The molecule has 1 aromatic carbocycles. The van der Waals surface area contributed by atoms with Crippen molar-refractivity contribution in [2.45, 2.75) is 37.9 Å². The molecule has 0 aromatic heterocycles. The van der Waals surface area contributed by atoms with Gasteiger partial charge in [0.05, 0.1) is 0 Å². The summed E-state index contributed by atoms with van der Waals surface area (Å²) in [5.74, 6) is -1.93. The number of carbonyl (C=O) groups excluding carboxylic acids is 2. The van der Waals surface area contributed by atoms with Crippen LogP contribution in [0.5, 0.6) is 0 Å². The minimum absolute atomic E-state index is 0.00992. The molecule has 2 amide bonds. The second-order valence-corrected chi connectivity index (χ2v) is 6.67. The highest BCUT2D eigenvalue weighted by Gasteiger charge is 2.43. The van der Waals surface area contributed by atoms with Crippen LogP contribution >= 0.6 is 15.9 Å². The van der Waals surface area contributed by atoms with Crippen LogP contribution in [-0.4, -0.2) is 42.0 Å². The zero-order valence-electron chi connectivity index (χ0n) is 12.9. The number of amides is 2. The summed E-state index contributed by atoms with van der Waals surface area (Å²) < 4.78 is 38.1. The van der Waals surface area contributed by atoms with Gasteiger partial charge in [0.1, 0.15) is 0 Å². The van der Waals surface area contributed by atoms with Gasteiger partial charge in [-0.15, -0.1) is 0 Å². The van der Waals surface area contributed by atoms with Gasteiger partial charge in [0.15, 0.2) is 0 Å². The Labute approximate surface area is 146 Å². The molecule has 0 bridgehead atoms. The number of nitrogens with zero attached hydrogens (tertiary/aromatic N) is 1. The summed E-state index contributed by atoms with van der Waals surface area (Å²) in [6.45, 7) is 0.0198. The molecule has 132 valence electrons. The predicted molar refractivity (Wildman–Crippen MR) is 86.3 cm³/mol. The van der Waals surface area contributed by atoms with E-state index in [-0.39, 0.29) is 25.0 Å². The smallest absolute Gasteiger partial charge is 0.353 e. The third kappa shape index (κ3) is 5.51. The monoisotopic (exact) mass is 406 g/mol. The summed E-state index contributed by atoms with van der Waals surface area (Å²) in [6, 6.07) is 7.48. The normalized spacial score (nSPS) is 16.1. The Morgan fingerprint density at radius 3 is 2.29 bits per heavy atom. The van der Waals surface area contributed by atoms with E-state index in [9.17, 15) is 22.8 Å². The molecule has 1 fully saturated rings. The number of carbonyl (C=O) groups is 2. The molecule has 1 aromatic rings. The van der Waals surface area contributed by atoms with Gasteiger partial charge in [-0.2, -0.15) is 13.2 Å². The van der Waals surface area contributed by atoms with Crippen LogP contribution in [0.15, 0.2) is 28.7 Å². The average molecular weight is 407 g/mol. The van der Waals surface area contributed by atoms with Gasteiger partial charge in [-0.25, -0.2) is 0 Å². The maximum atomic E-state index is 12.4. The summed E-state index contributed by atoms with van der Waals surface area (Å²) in [5.41, 5.74) is 1.04. The number of alkyl halides is 3. The van der Waals surface area contributed by atoms with Crippen molar-refractivity contribution in [2.24, 2.45) is 0 Å². The number of halogens is 4. The van der Waals surface area contributed by atoms with Crippen molar-refractivity contribution in [2.75, 3.05) is 13.1 Å². The minimum Gasteiger partial charge on any atom is -0.353 e. The Bertz CT molecular complexity index is 582. The lowest BCUT2D eigenvalue weighted by Crippen LogP contribution is -2.50. The van der Waals surface area contributed by atoms with Crippen molar-refractivity contribution >= 4 is 27.7 Å². The topological polar surface area (TPSA) is 49.4 Å². The Morgan fingerprint density at radius 1 is 1.17 bits per heavy atom. The van der Waals surface area contributed by atoms with Crippen molar-refractivity contribution in [3.05, 3.63) is 34.3 Å². The molecule has 0 aliphatic carbocycles. The molecule has 1 saturated heterocycles. The first kappa shape index (κ1) is 18.8. The molecule has 1 aliphatic heterocycles. The van der Waals surface area contributed by atoms with E-state index in [1.807, 2.05) is 24.3 Å². The number of nitrogens with one attached hydrogen (secondary N) is 1. The van der Waals surface area contributed by atoms with Crippen LogP contribution < -0.4 is 5.32 Å². The van der Waals surface area contributed by atoms with Gasteiger partial charge in [-0.05, 0) is 37.0 Å². The van der Waals surface area contributed by atoms with Crippen molar-refractivity contribution in [3.8, 4) is 0 Å². The van der Waals surface area contributed by atoms with Crippen molar-refractivity contribution in [1.82, 2.24) is 10.2 Å². The van der Waals surface area contributed by atoms with E-state index in [2.05, 4.69) is 21.2 Å². The van der Waals surface area contributed by atoms with Gasteiger partial charge < -0.3 is 10.2 Å². The van der Waals surface area contributed by atoms with Crippen LogP contribution in [0, 0.1) is 0 Å². The van der Waals surface area contributed by atoms with Crippen LogP contribution in [0.1, 0.15) is 24.8 Å². The standard InChI is InChI=1S/C16H18BrF3N2O2/c17-12-4-1-11(2-5-12)3-6-14(23)21-13-7-9-22(10-8-13)15(24)16(18,19)20/h1-2,4-5,13H,3,6-10H2,(H,21,23). The summed E-state index contributed by atoms with van der Waals surface area (Å²) in [6.07, 6.45) is -3.23. The molecule has 1 N–H and O–H groups in total. The first-order chi connectivity index (χ1) is 11.3. The zero-order chi connectivity index (χ0) is 17.7. The Kier molecular flexibility index (Phi) is 6.26. The molecule has 0 radical (unpaired) electrons. The van der Waals surface area contributed by atoms with Crippen LogP contribution in [0.3, 0.4) is 0 Å². The predicted octanol–water partition coefficient (Wildman–Crippen LogP) is 3.05. The van der Waals surface area contributed by atoms with Gasteiger partial charge in [0, 0.05) is 30.0 Å². The SMILES string of the molecule is O=C(CCc1ccc(Br)cc1)NC1CCN(C(=O)C(F)(F)F)CC1. The molecule has 1 heterocycles. The molecule has 0 unspecified atom stereocenters. The van der Waals surface area contributed by atoms with Crippen molar-refractivity contribution < 1.29 is 22.8 Å². The van der Waals surface area contributed by atoms with Crippen molar-refractivity contribution in [3.63, 3.8) is 0 Å². The molecule has 0 saturated carbocycles. The lowest BCUT2D eigenvalue weighted by atomic mass is 10.0. The molecule has 8 heteroatoms. The van der Waals surface area contributed by atoms with E-state index in [1.54, 1.807) is 0 Å². The van der Waals surface area contributed by atoms with E-state index in [0.717, 1.165) is 14.9 Å². The number of rotatable bonds is 4. The molecule has 2 rings (SSSR count). The lowest BCUT2D eigenvalue weighted by Gasteiger charge is -2.32. The highest BCUT2D eigenvalue weighted by Crippen LogP contribution is 2.21. The number of likely N-dealkylation sites (tertiary alicyclic amines) is 1. The van der Waals surface area contributed by atoms with Gasteiger partial charge in [0.2, 0.25) is 5.91 Å². The number of aryl methyl sites for hydroxylation is 1. The zero-order valence-corrected chi connectivity index (χ0v) is 14.5. The Balaban J connectivity index is 1.72. The summed E-state index contributed by atoms with van der Waals surface area (Å²) >= 11 is 3.34. The Hall–Kier alpha value is -1.57. The second kappa shape index (κ2) is 8.00. The lowest BCUT2D eigenvalue weighted by molar-refractivity contribution is -0.186. The number of hydrogen-bond acceptors (Lipinski definition) is 2. The maximum absolute atomic E-state index is 12.4. The van der Waals surface area contributed by atoms with E-state index in [1.165, 1.54) is 0 Å². The fourth-order valence-electron chi connectivity index (χ4n) is 2.61. The van der Waals surface area contributed by atoms with Crippen LogP contribution in [0.25, 0.3) is 0 Å². The molecule has 0 spiro atoms. The molecular formula is C16H18BrF3N2O2. The highest BCUT2D eigenvalue weighted by molar-refractivity contribution is 9.10. The average Bonchev–Trinajstić information content (AvgIpc) is 2.53. The second-order valence-electron chi connectivity index (χ2n) is 5.76. The molecular weight excluding hydrogens is 389 g/mol. The largest absolute Gasteiger partial charge is 0.471 e. The maximum Gasteiger partial charge on any atom is 0.471 e. The van der Waals surface area contributed by atoms with Crippen LogP contribution in [0.2, 0.25) is 0 Å².